The van der Waals surface area contributed by atoms with Gasteiger partial charge >= 0.3 is 0 Å². The van der Waals surface area contributed by atoms with Crippen LogP contribution in [0.4, 0.5) is 5.69 Å². The first kappa shape index (κ1) is 23.2. The SMILES string of the molecule is O=C(N[C@H](NC(=S)Nc1ccc(Cl)c(Cl)c1)C(Cl)(Cl)Cl)c1cccc2ccccc12. The molecule has 156 valence electrons. The van der Waals surface area contributed by atoms with E-state index in [4.69, 9.17) is 70.2 Å². The van der Waals surface area contributed by atoms with Gasteiger partial charge in [0.25, 0.3) is 5.91 Å². The van der Waals surface area contributed by atoms with Gasteiger partial charge in [-0.05, 0) is 47.3 Å². The molecule has 3 aromatic rings. The number of halogens is 5. The van der Waals surface area contributed by atoms with Gasteiger partial charge in [0.05, 0.1) is 10.0 Å². The molecule has 0 aromatic heterocycles. The number of nitrogens with one attached hydrogen (secondary N) is 3. The fourth-order valence-electron chi connectivity index (χ4n) is 2.70. The van der Waals surface area contributed by atoms with Crippen molar-refractivity contribution in [1.29, 1.82) is 0 Å². The summed E-state index contributed by atoms with van der Waals surface area (Å²) in [6, 6.07) is 17.8. The van der Waals surface area contributed by atoms with Gasteiger partial charge in [0.2, 0.25) is 3.79 Å². The second kappa shape index (κ2) is 9.77. The van der Waals surface area contributed by atoms with Crippen LogP contribution in [0.5, 0.6) is 0 Å². The Morgan fingerprint density at radius 3 is 2.30 bits per heavy atom. The summed E-state index contributed by atoms with van der Waals surface area (Å²) in [7, 11) is 0. The predicted molar refractivity (Wildman–Crippen MR) is 131 cm³/mol. The first-order chi connectivity index (χ1) is 14.1. The lowest BCUT2D eigenvalue weighted by molar-refractivity contribution is 0.0936. The van der Waals surface area contributed by atoms with E-state index in [9.17, 15) is 4.79 Å². The van der Waals surface area contributed by atoms with Crippen LogP contribution in [0.2, 0.25) is 10.0 Å². The lowest BCUT2D eigenvalue weighted by atomic mass is 10.0. The molecule has 0 heterocycles. The van der Waals surface area contributed by atoms with Crippen molar-refractivity contribution in [1.82, 2.24) is 10.6 Å². The fraction of sp³-hybridized carbons (Fsp3) is 0.100. The number of amides is 1. The van der Waals surface area contributed by atoms with Crippen LogP contribution in [0.25, 0.3) is 10.8 Å². The zero-order valence-electron chi connectivity index (χ0n) is 15.1. The molecule has 0 spiro atoms. The second-order valence-corrected chi connectivity index (χ2v) is 9.79. The quantitative estimate of drug-likeness (QED) is 0.207. The summed E-state index contributed by atoms with van der Waals surface area (Å²) in [4.78, 5) is 12.9. The molecule has 0 aliphatic rings. The zero-order valence-corrected chi connectivity index (χ0v) is 19.7. The first-order valence-corrected chi connectivity index (χ1v) is 10.8. The van der Waals surface area contributed by atoms with E-state index in [1.165, 1.54) is 0 Å². The van der Waals surface area contributed by atoms with Gasteiger partial charge in [-0.3, -0.25) is 4.79 Å². The monoisotopic (exact) mass is 519 g/mol. The summed E-state index contributed by atoms with van der Waals surface area (Å²) in [5.41, 5.74) is 1.02. The van der Waals surface area contributed by atoms with Crippen LogP contribution in [0.1, 0.15) is 10.4 Å². The number of thiocarbonyl (C=S) groups is 1. The summed E-state index contributed by atoms with van der Waals surface area (Å²) in [6.45, 7) is 0. The average molecular weight is 522 g/mol. The third-order valence-electron chi connectivity index (χ3n) is 4.09. The van der Waals surface area contributed by atoms with Gasteiger partial charge in [-0.1, -0.05) is 94.4 Å². The Bertz CT molecular complexity index is 1100. The Kier molecular flexibility index (Phi) is 7.56. The number of anilines is 1. The molecule has 0 aliphatic carbocycles. The van der Waals surface area contributed by atoms with Gasteiger partial charge in [0, 0.05) is 11.3 Å². The van der Waals surface area contributed by atoms with Crippen molar-refractivity contribution in [2.75, 3.05) is 5.32 Å². The van der Waals surface area contributed by atoms with Crippen molar-refractivity contribution in [2.45, 2.75) is 9.96 Å². The Hall–Kier alpha value is -1.47. The molecule has 3 rings (SSSR count). The molecule has 1 atom stereocenters. The van der Waals surface area contributed by atoms with E-state index in [0.29, 0.717) is 21.3 Å². The Balaban J connectivity index is 1.76. The molecule has 0 fully saturated rings. The number of hydrogen-bond acceptors (Lipinski definition) is 2. The maximum absolute atomic E-state index is 12.9. The predicted octanol–water partition coefficient (Wildman–Crippen LogP) is 6.56. The van der Waals surface area contributed by atoms with Crippen molar-refractivity contribution in [2.24, 2.45) is 0 Å². The number of carbonyl (C=O) groups excluding carboxylic acids is 1. The maximum Gasteiger partial charge on any atom is 0.253 e. The molecule has 0 saturated heterocycles. The molecular formula is C20H14Cl5N3OS. The van der Waals surface area contributed by atoms with Gasteiger partial charge in [0.1, 0.15) is 6.17 Å². The minimum Gasteiger partial charge on any atom is -0.339 e. The average Bonchev–Trinajstić information content (AvgIpc) is 2.69. The number of rotatable bonds is 4. The highest BCUT2D eigenvalue weighted by Gasteiger charge is 2.35. The van der Waals surface area contributed by atoms with Crippen LogP contribution >= 0.6 is 70.2 Å². The number of hydrogen-bond donors (Lipinski definition) is 3. The molecule has 0 aliphatic heterocycles. The van der Waals surface area contributed by atoms with E-state index >= 15 is 0 Å². The van der Waals surface area contributed by atoms with E-state index in [1.54, 1.807) is 30.3 Å². The molecule has 4 nitrogen and oxygen atoms in total. The van der Waals surface area contributed by atoms with Gasteiger partial charge in [-0.25, -0.2) is 0 Å². The van der Waals surface area contributed by atoms with Crippen LogP contribution in [0.15, 0.2) is 60.7 Å². The van der Waals surface area contributed by atoms with E-state index in [-0.39, 0.29) is 5.11 Å². The molecule has 0 bridgehead atoms. The number of alkyl halides is 3. The highest BCUT2D eigenvalue weighted by atomic mass is 35.6. The summed E-state index contributed by atoms with van der Waals surface area (Å²) >= 11 is 35.4. The normalized spacial score (nSPS) is 12.3. The van der Waals surface area contributed by atoms with E-state index in [0.717, 1.165) is 10.8 Å². The number of carbonyl (C=O) groups is 1. The number of benzene rings is 3. The highest BCUT2D eigenvalue weighted by molar-refractivity contribution is 7.80. The summed E-state index contributed by atoms with van der Waals surface area (Å²) in [6.07, 6.45) is -1.11. The standard InChI is InChI=1S/C20H14Cl5N3OS/c21-15-9-8-12(10-16(15)22)26-19(30)28-18(20(23,24)25)27-17(29)14-7-3-5-11-4-1-2-6-13(11)14/h1-10,18H,(H,27,29)(H2,26,28,30)/t18-/m1/s1. The van der Waals surface area contributed by atoms with Crippen molar-refractivity contribution >= 4 is 97.7 Å². The lowest BCUT2D eigenvalue weighted by Crippen LogP contribution is -2.56. The third kappa shape index (κ3) is 5.82. The largest absolute Gasteiger partial charge is 0.339 e. The first-order valence-electron chi connectivity index (χ1n) is 8.53. The lowest BCUT2D eigenvalue weighted by Gasteiger charge is -2.28. The van der Waals surface area contributed by atoms with Gasteiger partial charge < -0.3 is 16.0 Å². The van der Waals surface area contributed by atoms with Crippen LogP contribution in [0, 0.1) is 0 Å². The second-order valence-electron chi connectivity index (χ2n) is 6.20. The molecule has 0 saturated carbocycles. The topological polar surface area (TPSA) is 53.2 Å². The molecule has 0 unspecified atom stereocenters. The molecule has 0 radical (unpaired) electrons. The molecular weight excluding hydrogens is 508 g/mol. The summed E-state index contributed by atoms with van der Waals surface area (Å²) < 4.78 is -1.89. The summed E-state index contributed by atoms with van der Waals surface area (Å²) in [5, 5.41) is 11.0. The Labute approximate surface area is 203 Å². The number of fused-ring (bicyclic) bond motifs is 1. The third-order valence-corrected chi connectivity index (χ3v) is 5.70. The minimum absolute atomic E-state index is 0.114. The van der Waals surface area contributed by atoms with Gasteiger partial charge in [-0.2, -0.15) is 0 Å². The van der Waals surface area contributed by atoms with Gasteiger partial charge in [0.15, 0.2) is 5.11 Å². The summed E-state index contributed by atoms with van der Waals surface area (Å²) in [5.74, 6) is -0.423. The van der Waals surface area contributed by atoms with Crippen molar-refractivity contribution in [3.63, 3.8) is 0 Å². The van der Waals surface area contributed by atoms with E-state index in [2.05, 4.69) is 16.0 Å². The molecule has 3 aromatic carbocycles. The van der Waals surface area contributed by atoms with Crippen molar-refractivity contribution in [3.8, 4) is 0 Å². The van der Waals surface area contributed by atoms with Crippen molar-refractivity contribution < 1.29 is 4.79 Å². The molecule has 3 N–H and O–H groups in total. The molecule has 1 amide bonds. The zero-order chi connectivity index (χ0) is 21.9. The van der Waals surface area contributed by atoms with Crippen LogP contribution < -0.4 is 16.0 Å². The van der Waals surface area contributed by atoms with Gasteiger partial charge in [-0.15, -0.1) is 0 Å². The molecule has 10 heteroatoms. The fourth-order valence-corrected chi connectivity index (χ4v) is 3.57. The maximum atomic E-state index is 12.9. The smallest absolute Gasteiger partial charge is 0.253 e. The van der Waals surface area contributed by atoms with E-state index < -0.39 is 15.9 Å². The van der Waals surface area contributed by atoms with E-state index in [1.807, 2.05) is 30.3 Å². The van der Waals surface area contributed by atoms with Crippen LogP contribution in [0.3, 0.4) is 0 Å². The van der Waals surface area contributed by atoms with Crippen LogP contribution in [-0.4, -0.2) is 21.0 Å². The van der Waals surface area contributed by atoms with Crippen molar-refractivity contribution in [3.05, 3.63) is 76.3 Å². The van der Waals surface area contributed by atoms with Crippen LogP contribution in [-0.2, 0) is 0 Å². The Morgan fingerprint density at radius 2 is 1.60 bits per heavy atom. The Morgan fingerprint density at radius 1 is 0.900 bits per heavy atom. The highest BCUT2D eigenvalue weighted by Crippen LogP contribution is 2.30. The molecule has 30 heavy (non-hydrogen) atoms. The minimum atomic E-state index is -1.89.